The molecule has 0 radical (unpaired) electrons. The van der Waals surface area contributed by atoms with E-state index in [1.54, 1.807) is 12.5 Å². The molecule has 1 aromatic carbocycles. The van der Waals surface area contributed by atoms with Gasteiger partial charge in [0.15, 0.2) is 5.65 Å². The molecule has 0 amide bonds. The average Bonchev–Trinajstić information content (AvgIpc) is 2.91. The zero-order valence-electron chi connectivity index (χ0n) is 10.6. The van der Waals surface area contributed by atoms with Crippen LogP contribution in [0.1, 0.15) is 5.56 Å². The highest BCUT2D eigenvalue weighted by Gasteiger charge is 2.04. The summed E-state index contributed by atoms with van der Waals surface area (Å²) in [6.45, 7) is 0.745. The van der Waals surface area contributed by atoms with Crippen LogP contribution in [0.5, 0.6) is 0 Å². The van der Waals surface area contributed by atoms with E-state index in [9.17, 15) is 0 Å². The van der Waals surface area contributed by atoms with Crippen molar-refractivity contribution in [1.29, 1.82) is 0 Å². The van der Waals surface area contributed by atoms with E-state index in [4.69, 9.17) is 0 Å². The lowest BCUT2D eigenvalue weighted by molar-refractivity contribution is 0.824. The molecule has 3 heterocycles. The standard InChI is InChI=1S/C15H11N5/c1-2-12-6-11(3-4-13(12)17-5-1)8-20-10-19-15-14(20)7-16-9-18-15/h1-7,9-10H,8H2. The van der Waals surface area contributed by atoms with Crippen LogP contribution in [0.15, 0.2) is 55.4 Å². The van der Waals surface area contributed by atoms with Crippen LogP contribution in [0, 0.1) is 0 Å². The number of benzene rings is 1. The largest absolute Gasteiger partial charge is 0.323 e. The molecule has 5 heteroatoms. The predicted molar refractivity (Wildman–Crippen MR) is 76.2 cm³/mol. The molecule has 3 aromatic heterocycles. The lowest BCUT2D eigenvalue weighted by Gasteiger charge is -2.05. The third kappa shape index (κ3) is 1.80. The second-order valence-corrected chi connectivity index (χ2v) is 4.63. The van der Waals surface area contributed by atoms with Crippen molar-refractivity contribution in [2.45, 2.75) is 6.54 Å². The lowest BCUT2D eigenvalue weighted by Crippen LogP contribution is -1.98. The molecule has 96 valence electrons. The fourth-order valence-electron chi connectivity index (χ4n) is 2.35. The molecule has 0 saturated heterocycles. The van der Waals surface area contributed by atoms with Gasteiger partial charge in [-0.05, 0) is 23.8 Å². The molecular weight excluding hydrogens is 250 g/mol. The first-order valence-electron chi connectivity index (χ1n) is 6.35. The fourth-order valence-corrected chi connectivity index (χ4v) is 2.35. The number of hydrogen-bond donors (Lipinski definition) is 0. The molecule has 0 bridgehead atoms. The Bertz CT molecular complexity index is 897. The summed E-state index contributed by atoms with van der Waals surface area (Å²) >= 11 is 0. The molecule has 0 unspecified atom stereocenters. The van der Waals surface area contributed by atoms with Crippen LogP contribution in [-0.2, 0) is 6.54 Å². The summed E-state index contributed by atoms with van der Waals surface area (Å²) in [5, 5.41) is 1.14. The molecule has 5 nitrogen and oxygen atoms in total. The molecule has 0 fully saturated rings. The topological polar surface area (TPSA) is 56.5 Å². The molecule has 0 spiro atoms. The van der Waals surface area contributed by atoms with Crippen LogP contribution < -0.4 is 0 Å². The molecular formula is C15H11N5. The maximum Gasteiger partial charge on any atom is 0.180 e. The second-order valence-electron chi connectivity index (χ2n) is 4.63. The Morgan fingerprint density at radius 3 is 3.05 bits per heavy atom. The Hall–Kier alpha value is -2.82. The Labute approximate surface area is 115 Å². The molecule has 0 aliphatic carbocycles. The maximum absolute atomic E-state index is 4.33. The first-order chi connectivity index (χ1) is 9.90. The monoisotopic (exact) mass is 261 g/mol. The van der Waals surface area contributed by atoms with Gasteiger partial charge >= 0.3 is 0 Å². The van der Waals surface area contributed by atoms with Gasteiger partial charge in [0.05, 0.1) is 18.0 Å². The van der Waals surface area contributed by atoms with Crippen molar-refractivity contribution < 1.29 is 0 Å². The fraction of sp³-hybridized carbons (Fsp3) is 0.0667. The van der Waals surface area contributed by atoms with Crippen molar-refractivity contribution in [1.82, 2.24) is 24.5 Å². The van der Waals surface area contributed by atoms with Crippen LogP contribution in [0.4, 0.5) is 0 Å². The highest BCUT2D eigenvalue weighted by molar-refractivity contribution is 5.79. The summed E-state index contributed by atoms with van der Waals surface area (Å²) in [6, 6.07) is 10.3. The van der Waals surface area contributed by atoms with E-state index in [0.29, 0.717) is 0 Å². The summed E-state index contributed by atoms with van der Waals surface area (Å²) in [5.41, 5.74) is 3.88. The van der Waals surface area contributed by atoms with Gasteiger partial charge in [0.25, 0.3) is 0 Å². The lowest BCUT2D eigenvalue weighted by atomic mass is 10.1. The van der Waals surface area contributed by atoms with E-state index in [1.807, 2.05) is 22.9 Å². The molecule has 0 N–H and O–H groups in total. The van der Waals surface area contributed by atoms with Crippen molar-refractivity contribution in [3.8, 4) is 0 Å². The quantitative estimate of drug-likeness (QED) is 0.556. The van der Waals surface area contributed by atoms with Crippen molar-refractivity contribution in [2.24, 2.45) is 0 Å². The maximum atomic E-state index is 4.33. The molecule has 4 rings (SSSR count). The summed E-state index contributed by atoms with van der Waals surface area (Å²) in [6.07, 6.45) is 6.91. The van der Waals surface area contributed by atoms with Crippen molar-refractivity contribution >= 4 is 22.1 Å². The van der Waals surface area contributed by atoms with Gasteiger partial charge in [-0.15, -0.1) is 0 Å². The van der Waals surface area contributed by atoms with E-state index < -0.39 is 0 Å². The van der Waals surface area contributed by atoms with Crippen LogP contribution in [-0.4, -0.2) is 24.5 Å². The Kier molecular flexibility index (Phi) is 2.42. The molecule has 0 aliphatic heterocycles. The minimum atomic E-state index is 0.724. The van der Waals surface area contributed by atoms with E-state index in [2.05, 4.69) is 38.1 Å². The Morgan fingerprint density at radius 2 is 2.05 bits per heavy atom. The zero-order chi connectivity index (χ0) is 13.4. The van der Waals surface area contributed by atoms with Gasteiger partial charge in [-0.3, -0.25) is 4.98 Å². The van der Waals surface area contributed by atoms with Crippen molar-refractivity contribution in [3.05, 3.63) is 60.9 Å². The minimum absolute atomic E-state index is 0.724. The normalized spacial score (nSPS) is 11.2. The van der Waals surface area contributed by atoms with Crippen LogP contribution in [0.2, 0.25) is 0 Å². The van der Waals surface area contributed by atoms with Crippen LogP contribution in [0.3, 0.4) is 0 Å². The van der Waals surface area contributed by atoms with Crippen molar-refractivity contribution in [3.63, 3.8) is 0 Å². The third-order valence-electron chi connectivity index (χ3n) is 3.32. The zero-order valence-corrected chi connectivity index (χ0v) is 10.6. The number of fused-ring (bicyclic) bond motifs is 2. The van der Waals surface area contributed by atoms with Crippen molar-refractivity contribution in [2.75, 3.05) is 0 Å². The van der Waals surface area contributed by atoms with Gasteiger partial charge in [-0.1, -0.05) is 12.1 Å². The van der Waals surface area contributed by atoms with Gasteiger partial charge in [0.2, 0.25) is 0 Å². The van der Waals surface area contributed by atoms with E-state index in [1.165, 1.54) is 11.9 Å². The summed E-state index contributed by atoms with van der Waals surface area (Å²) in [4.78, 5) is 16.8. The summed E-state index contributed by atoms with van der Waals surface area (Å²) in [7, 11) is 0. The highest BCUT2D eigenvalue weighted by Crippen LogP contribution is 2.16. The predicted octanol–water partition coefficient (Wildman–Crippen LogP) is 2.42. The minimum Gasteiger partial charge on any atom is -0.323 e. The summed E-state index contributed by atoms with van der Waals surface area (Å²) in [5.74, 6) is 0. The van der Waals surface area contributed by atoms with E-state index >= 15 is 0 Å². The van der Waals surface area contributed by atoms with E-state index in [0.717, 1.165) is 28.6 Å². The van der Waals surface area contributed by atoms with Gasteiger partial charge < -0.3 is 4.57 Å². The average molecular weight is 261 g/mol. The van der Waals surface area contributed by atoms with Gasteiger partial charge in [0, 0.05) is 18.1 Å². The van der Waals surface area contributed by atoms with E-state index in [-0.39, 0.29) is 0 Å². The number of imidazole rings is 1. The smallest absolute Gasteiger partial charge is 0.180 e. The molecule has 4 aromatic rings. The highest BCUT2D eigenvalue weighted by atomic mass is 15.1. The molecule has 0 saturated carbocycles. The number of aromatic nitrogens is 5. The second kappa shape index (κ2) is 4.38. The Balaban J connectivity index is 1.76. The first kappa shape index (κ1) is 11.0. The molecule has 0 aliphatic rings. The third-order valence-corrected chi connectivity index (χ3v) is 3.32. The first-order valence-corrected chi connectivity index (χ1v) is 6.35. The van der Waals surface area contributed by atoms with Crippen LogP contribution >= 0.6 is 0 Å². The number of rotatable bonds is 2. The summed E-state index contributed by atoms with van der Waals surface area (Å²) < 4.78 is 2.05. The number of hydrogen-bond acceptors (Lipinski definition) is 4. The van der Waals surface area contributed by atoms with Gasteiger partial charge in [-0.25, -0.2) is 15.0 Å². The molecule has 20 heavy (non-hydrogen) atoms. The SMILES string of the molecule is c1cnc2ccc(Cn3cnc4ncncc43)cc2c1. The van der Waals surface area contributed by atoms with Gasteiger partial charge in [0.1, 0.15) is 11.8 Å². The number of nitrogens with zero attached hydrogens (tertiary/aromatic N) is 5. The number of pyridine rings is 1. The molecule has 0 atom stereocenters. The van der Waals surface area contributed by atoms with Crippen LogP contribution in [0.25, 0.3) is 22.1 Å². The Morgan fingerprint density at radius 1 is 1.05 bits per heavy atom. The van der Waals surface area contributed by atoms with Gasteiger partial charge in [-0.2, -0.15) is 0 Å².